The van der Waals surface area contributed by atoms with Crippen LogP contribution >= 0.6 is 15.9 Å². The maximum absolute atomic E-state index is 11.6. The lowest BCUT2D eigenvalue weighted by atomic mass is 10.2. The van der Waals surface area contributed by atoms with Crippen LogP contribution in [-0.2, 0) is 9.47 Å². The molecule has 4 nitrogen and oxygen atoms in total. The maximum Gasteiger partial charge on any atom is 0.357 e. The summed E-state index contributed by atoms with van der Waals surface area (Å²) in [5.41, 5.74) is 0.0654. The van der Waals surface area contributed by atoms with Gasteiger partial charge in [0.15, 0.2) is 0 Å². The molecule has 1 rings (SSSR count). The fraction of sp³-hybridized carbons (Fsp3) is 0.500. The van der Waals surface area contributed by atoms with Gasteiger partial charge < -0.3 is 9.47 Å². The Hall–Kier alpha value is -0.940. The number of aromatic nitrogens is 1. The minimum atomic E-state index is -0.441. The fourth-order valence-electron chi connectivity index (χ4n) is 1.08. The summed E-state index contributed by atoms with van der Waals surface area (Å²) in [5.74, 6) is -0.441. The van der Waals surface area contributed by atoms with Crippen LogP contribution in [-0.4, -0.2) is 29.8 Å². The smallest absolute Gasteiger partial charge is 0.357 e. The van der Waals surface area contributed by atoms with Crippen LogP contribution < -0.4 is 0 Å². The van der Waals surface area contributed by atoms with E-state index in [-0.39, 0.29) is 17.9 Å². The average Bonchev–Trinajstić information content (AvgIpc) is 2.23. The van der Waals surface area contributed by atoms with Gasteiger partial charge >= 0.3 is 5.97 Å². The second-order valence-corrected chi connectivity index (χ2v) is 5.25. The van der Waals surface area contributed by atoms with Crippen molar-refractivity contribution in [2.45, 2.75) is 26.4 Å². The lowest BCUT2D eigenvalue weighted by Gasteiger charge is -2.19. The normalized spacial score (nSPS) is 11.3. The van der Waals surface area contributed by atoms with Crippen molar-refractivity contribution < 1.29 is 14.3 Å². The first-order valence-electron chi connectivity index (χ1n) is 5.32. The van der Waals surface area contributed by atoms with Crippen molar-refractivity contribution in [3.63, 3.8) is 0 Å². The molecule has 0 aliphatic rings. The van der Waals surface area contributed by atoms with Gasteiger partial charge in [-0.25, -0.2) is 9.78 Å². The molecule has 0 atom stereocenters. The third kappa shape index (κ3) is 5.79. The summed E-state index contributed by atoms with van der Waals surface area (Å²) in [5, 5.41) is 0. The molecule has 1 aromatic rings. The number of esters is 1. The SMILES string of the molecule is CC(C)(C)OCCOC(=O)c1cccc(Br)n1. The number of pyridine rings is 1. The minimum absolute atomic E-state index is 0.222. The van der Waals surface area contributed by atoms with E-state index in [1.807, 2.05) is 20.8 Å². The largest absolute Gasteiger partial charge is 0.459 e. The maximum atomic E-state index is 11.6. The number of hydrogen-bond acceptors (Lipinski definition) is 4. The molecule has 0 aliphatic carbocycles. The third-order valence-corrected chi connectivity index (χ3v) is 2.22. The average molecular weight is 302 g/mol. The topological polar surface area (TPSA) is 48.4 Å². The van der Waals surface area contributed by atoms with Crippen LogP contribution in [0.1, 0.15) is 31.3 Å². The van der Waals surface area contributed by atoms with Crippen LogP contribution in [0.2, 0.25) is 0 Å². The molecule has 0 saturated heterocycles. The number of ether oxygens (including phenoxy) is 2. The Morgan fingerprint density at radius 3 is 2.65 bits per heavy atom. The molecule has 94 valence electrons. The van der Waals surface area contributed by atoms with Crippen molar-refractivity contribution in [3.05, 3.63) is 28.5 Å². The van der Waals surface area contributed by atoms with Crippen molar-refractivity contribution in [1.29, 1.82) is 0 Å². The number of rotatable bonds is 4. The molecule has 0 unspecified atom stereocenters. The molecule has 0 saturated carbocycles. The van der Waals surface area contributed by atoms with E-state index in [9.17, 15) is 4.79 Å². The molecule has 0 N–H and O–H groups in total. The number of nitrogens with zero attached hydrogens (tertiary/aromatic N) is 1. The molecule has 0 aromatic carbocycles. The van der Waals surface area contributed by atoms with E-state index in [4.69, 9.17) is 9.47 Å². The predicted octanol–water partition coefficient (Wildman–Crippen LogP) is 2.82. The van der Waals surface area contributed by atoms with E-state index >= 15 is 0 Å². The summed E-state index contributed by atoms with van der Waals surface area (Å²) in [6.45, 7) is 6.45. The van der Waals surface area contributed by atoms with Gasteiger partial charge in [0.1, 0.15) is 16.9 Å². The standard InChI is InChI=1S/C12H16BrNO3/c1-12(2,3)17-8-7-16-11(15)9-5-4-6-10(13)14-9/h4-6H,7-8H2,1-3H3. The Labute approximate surface area is 109 Å². The summed E-state index contributed by atoms with van der Waals surface area (Å²) < 4.78 is 11.1. The van der Waals surface area contributed by atoms with E-state index in [0.717, 1.165) is 0 Å². The van der Waals surface area contributed by atoms with E-state index < -0.39 is 5.97 Å². The quantitative estimate of drug-likeness (QED) is 0.487. The van der Waals surface area contributed by atoms with Gasteiger partial charge in [-0.2, -0.15) is 0 Å². The van der Waals surface area contributed by atoms with Crippen molar-refractivity contribution in [2.75, 3.05) is 13.2 Å². The predicted molar refractivity (Wildman–Crippen MR) is 67.9 cm³/mol. The molecule has 1 heterocycles. The third-order valence-electron chi connectivity index (χ3n) is 1.78. The minimum Gasteiger partial charge on any atom is -0.459 e. The van der Waals surface area contributed by atoms with Gasteiger partial charge in [-0.15, -0.1) is 0 Å². The first kappa shape index (κ1) is 14.1. The van der Waals surface area contributed by atoms with Crippen LogP contribution in [0.4, 0.5) is 0 Å². The highest BCUT2D eigenvalue weighted by atomic mass is 79.9. The van der Waals surface area contributed by atoms with E-state index in [0.29, 0.717) is 11.2 Å². The molecule has 5 heteroatoms. The molecule has 0 aliphatic heterocycles. The van der Waals surface area contributed by atoms with Crippen molar-refractivity contribution in [3.8, 4) is 0 Å². The van der Waals surface area contributed by atoms with Crippen molar-refractivity contribution >= 4 is 21.9 Å². The van der Waals surface area contributed by atoms with Gasteiger partial charge in [-0.1, -0.05) is 6.07 Å². The molecule has 0 spiro atoms. The van der Waals surface area contributed by atoms with Gasteiger partial charge in [-0.3, -0.25) is 0 Å². The monoisotopic (exact) mass is 301 g/mol. The lowest BCUT2D eigenvalue weighted by molar-refractivity contribution is -0.0283. The molecule has 0 bridgehead atoms. The van der Waals surface area contributed by atoms with E-state index in [1.54, 1.807) is 18.2 Å². The van der Waals surface area contributed by atoms with Gasteiger partial charge in [0.2, 0.25) is 0 Å². The molecular weight excluding hydrogens is 286 g/mol. The Bertz CT molecular complexity index is 388. The molecule has 0 fully saturated rings. The molecular formula is C12H16BrNO3. The second kappa shape index (κ2) is 6.12. The zero-order valence-electron chi connectivity index (χ0n) is 10.2. The van der Waals surface area contributed by atoms with Gasteiger partial charge in [0, 0.05) is 0 Å². The summed E-state index contributed by atoms with van der Waals surface area (Å²) in [6, 6.07) is 5.09. The number of carbonyl (C=O) groups excluding carboxylic acids is 1. The molecule has 0 amide bonds. The summed E-state index contributed by atoms with van der Waals surface area (Å²) in [6.07, 6.45) is 0. The Morgan fingerprint density at radius 2 is 2.06 bits per heavy atom. The number of halogens is 1. The van der Waals surface area contributed by atoms with Gasteiger partial charge in [0.25, 0.3) is 0 Å². The van der Waals surface area contributed by atoms with Crippen molar-refractivity contribution in [2.24, 2.45) is 0 Å². The Balaban J connectivity index is 2.36. The molecule has 1 aromatic heterocycles. The van der Waals surface area contributed by atoms with E-state index in [2.05, 4.69) is 20.9 Å². The number of carbonyl (C=O) groups is 1. The van der Waals surface area contributed by atoms with Crippen LogP contribution in [0.3, 0.4) is 0 Å². The number of hydrogen-bond donors (Lipinski definition) is 0. The molecule has 0 radical (unpaired) electrons. The van der Waals surface area contributed by atoms with Gasteiger partial charge in [-0.05, 0) is 48.8 Å². The highest BCUT2D eigenvalue weighted by Gasteiger charge is 2.12. The summed E-state index contributed by atoms with van der Waals surface area (Å²) in [4.78, 5) is 15.6. The Kier molecular flexibility index (Phi) is 5.08. The van der Waals surface area contributed by atoms with Crippen LogP contribution in [0, 0.1) is 0 Å². The molecule has 17 heavy (non-hydrogen) atoms. The fourth-order valence-corrected chi connectivity index (χ4v) is 1.42. The lowest BCUT2D eigenvalue weighted by Crippen LogP contribution is -2.22. The summed E-state index contributed by atoms with van der Waals surface area (Å²) >= 11 is 3.19. The second-order valence-electron chi connectivity index (χ2n) is 4.44. The highest BCUT2D eigenvalue weighted by molar-refractivity contribution is 9.10. The first-order valence-corrected chi connectivity index (χ1v) is 6.11. The van der Waals surface area contributed by atoms with Crippen LogP contribution in [0.15, 0.2) is 22.8 Å². The van der Waals surface area contributed by atoms with E-state index in [1.165, 1.54) is 0 Å². The highest BCUT2D eigenvalue weighted by Crippen LogP contribution is 2.08. The van der Waals surface area contributed by atoms with Crippen LogP contribution in [0.25, 0.3) is 0 Å². The zero-order chi connectivity index (χ0) is 12.9. The van der Waals surface area contributed by atoms with Crippen molar-refractivity contribution in [1.82, 2.24) is 4.98 Å². The summed E-state index contributed by atoms with van der Waals surface area (Å²) in [7, 11) is 0. The van der Waals surface area contributed by atoms with Gasteiger partial charge in [0.05, 0.1) is 12.2 Å². The first-order chi connectivity index (χ1) is 7.88. The Morgan fingerprint density at radius 1 is 1.35 bits per heavy atom. The zero-order valence-corrected chi connectivity index (χ0v) is 11.8. The van der Waals surface area contributed by atoms with Crippen LogP contribution in [0.5, 0.6) is 0 Å².